The largest absolute Gasteiger partial charge is 0.393 e. The number of hydrogen-bond acceptors (Lipinski definition) is 6. The van der Waals surface area contributed by atoms with E-state index in [1.807, 2.05) is 22.4 Å². The van der Waals surface area contributed by atoms with E-state index < -0.39 is 0 Å². The van der Waals surface area contributed by atoms with Crippen LogP contribution in [0.25, 0.3) is 6.08 Å². The first-order valence-corrected chi connectivity index (χ1v) is 9.67. The van der Waals surface area contributed by atoms with Crippen LogP contribution in [0.3, 0.4) is 0 Å². The van der Waals surface area contributed by atoms with E-state index in [9.17, 15) is 14.4 Å². The number of carbonyl (C=O) groups excluding carboxylic acids is 2. The Morgan fingerprint density at radius 1 is 1.19 bits per heavy atom. The lowest BCUT2D eigenvalue weighted by Crippen LogP contribution is -2.49. The van der Waals surface area contributed by atoms with E-state index in [0.717, 1.165) is 0 Å². The van der Waals surface area contributed by atoms with Crippen molar-refractivity contribution in [1.82, 2.24) is 9.47 Å². The van der Waals surface area contributed by atoms with Crippen LogP contribution >= 0.6 is 11.3 Å². The highest BCUT2D eigenvalue weighted by molar-refractivity contribution is 7.12. The number of fused-ring (bicyclic) bond motifs is 1. The number of Topliss-reactive ketones (excluding diaryl/α,β-unsaturated/α-hetero) is 1. The Balaban J connectivity index is 1.65. The number of nitrogens with two attached hydrogens (primary N) is 1. The summed E-state index contributed by atoms with van der Waals surface area (Å²) in [6.07, 6.45) is 3.87. The van der Waals surface area contributed by atoms with E-state index in [1.165, 1.54) is 15.9 Å². The zero-order valence-corrected chi connectivity index (χ0v) is 15.8. The molecule has 2 aromatic heterocycles. The van der Waals surface area contributed by atoms with Gasteiger partial charge in [-0.25, -0.2) is 0 Å². The Kier molecular flexibility index (Phi) is 4.35. The summed E-state index contributed by atoms with van der Waals surface area (Å²) in [7, 11) is 1.63. The van der Waals surface area contributed by atoms with Gasteiger partial charge in [0.1, 0.15) is 5.69 Å². The Hall–Kier alpha value is -2.87. The van der Waals surface area contributed by atoms with Crippen molar-refractivity contribution in [2.24, 2.45) is 7.05 Å². The predicted octanol–water partition coefficient (Wildman–Crippen LogP) is 1.59. The van der Waals surface area contributed by atoms with Gasteiger partial charge in [-0.2, -0.15) is 0 Å². The summed E-state index contributed by atoms with van der Waals surface area (Å²) >= 11 is 1.43. The van der Waals surface area contributed by atoms with Gasteiger partial charge < -0.3 is 20.1 Å². The monoisotopic (exact) mass is 384 g/mol. The van der Waals surface area contributed by atoms with Crippen LogP contribution in [0, 0.1) is 0 Å². The topological polar surface area (TPSA) is 88.6 Å². The second kappa shape index (κ2) is 6.70. The molecule has 1 saturated heterocycles. The molecule has 0 radical (unpaired) electrons. The highest BCUT2D eigenvalue weighted by atomic mass is 32.1. The molecular weight excluding hydrogens is 364 g/mol. The van der Waals surface area contributed by atoms with E-state index in [4.69, 9.17) is 5.73 Å². The quantitative estimate of drug-likeness (QED) is 0.849. The second-order valence-corrected chi connectivity index (χ2v) is 7.62. The second-order valence-electron chi connectivity index (χ2n) is 6.67. The highest BCUT2D eigenvalue weighted by Crippen LogP contribution is 2.33. The van der Waals surface area contributed by atoms with Gasteiger partial charge in [0.25, 0.3) is 11.5 Å². The molecule has 27 heavy (non-hydrogen) atoms. The first-order valence-electron chi connectivity index (χ1n) is 8.79. The van der Waals surface area contributed by atoms with Crippen molar-refractivity contribution in [3.05, 3.63) is 50.1 Å². The van der Waals surface area contributed by atoms with Crippen molar-refractivity contribution in [3.63, 3.8) is 0 Å². The van der Waals surface area contributed by atoms with Gasteiger partial charge in [-0.3, -0.25) is 14.4 Å². The molecule has 3 heterocycles. The van der Waals surface area contributed by atoms with Gasteiger partial charge >= 0.3 is 0 Å². The summed E-state index contributed by atoms with van der Waals surface area (Å²) in [5, 5.41) is 1.88. The summed E-state index contributed by atoms with van der Waals surface area (Å²) in [5.41, 5.74) is 7.56. The fourth-order valence-corrected chi connectivity index (χ4v) is 4.37. The molecule has 2 aliphatic rings. The molecule has 0 aromatic carbocycles. The SMILES string of the molecule is Cn1c2c(c(N3CCN(C(=O)c4cccs4)CC3)c(N)c1=O)C(=O)CC=C2. The normalized spacial score (nSPS) is 16.6. The zero-order chi connectivity index (χ0) is 19.1. The number of nitrogens with zero attached hydrogens (tertiary/aromatic N) is 3. The number of hydrogen-bond donors (Lipinski definition) is 1. The number of amides is 1. The van der Waals surface area contributed by atoms with Crippen LogP contribution in [0.15, 0.2) is 28.4 Å². The van der Waals surface area contributed by atoms with Gasteiger partial charge in [0.15, 0.2) is 5.78 Å². The number of thiophene rings is 1. The molecule has 2 aromatic rings. The standard InChI is InChI=1S/C19H20N4O3S/c1-21-12-4-2-5-13(24)15(12)17(16(20)19(21)26)22-7-9-23(10-8-22)18(25)14-6-3-11-27-14/h2-4,6,11H,5,7-10,20H2,1H3. The molecule has 0 atom stereocenters. The average molecular weight is 384 g/mol. The summed E-state index contributed by atoms with van der Waals surface area (Å²) in [4.78, 5) is 42.1. The Morgan fingerprint density at radius 3 is 2.59 bits per heavy atom. The molecule has 1 aliphatic carbocycles. The van der Waals surface area contributed by atoms with Crippen LogP contribution in [0.2, 0.25) is 0 Å². The minimum Gasteiger partial charge on any atom is -0.393 e. The number of aromatic nitrogens is 1. The maximum Gasteiger partial charge on any atom is 0.276 e. The summed E-state index contributed by atoms with van der Waals surface area (Å²) < 4.78 is 1.43. The molecule has 0 spiro atoms. The molecule has 140 valence electrons. The first-order chi connectivity index (χ1) is 13.0. The van der Waals surface area contributed by atoms with E-state index in [0.29, 0.717) is 54.4 Å². The van der Waals surface area contributed by atoms with Gasteiger partial charge in [0.2, 0.25) is 0 Å². The summed E-state index contributed by atoms with van der Waals surface area (Å²) in [6, 6.07) is 3.68. The molecule has 0 unspecified atom stereocenters. The van der Waals surface area contributed by atoms with E-state index in [1.54, 1.807) is 24.1 Å². The third-order valence-electron chi connectivity index (χ3n) is 5.12. The summed E-state index contributed by atoms with van der Waals surface area (Å²) in [5.74, 6) is -0.0236. The van der Waals surface area contributed by atoms with Crippen LogP contribution in [0.1, 0.15) is 32.1 Å². The number of anilines is 2. The fourth-order valence-electron chi connectivity index (χ4n) is 3.68. The molecule has 0 saturated carbocycles. The maximum atomic E-state index is 12.6. The molecule has 0 bridgehead atoms. The number of pyridine rings is 1. The van der Waals surface area contributed by atoms with Gasteiger partial charge in [0.05, 0.1) is 21.8 Å². The van der Waals surface area contributed by atoms with E-state index >= 15 is 0 Å². The fraction of sp³-hybridized carbons (Fsp3) is 0.316. The number of ketones is 1. The zero-order valence-electron chi connectivity index (χ0n) is 15.0. The number of carbonyl (C=O) groups is 2. The minimum atomic E-state index is -0.305. The molecule has 7 nitrogen and oxygen atoms in total. The third kappa shape index (κ3) is 2.86. The lowest BCUT2D eigenvalue weighted by Gasteiger charge is -2.37. The maximum absolute atomic E-state index is 12.6. The number of rotatable bonds is 2. The lowest BCUT2D eigenvalue weighted by atomic mass is 9.96. The van der Waals surface area contributed by atoms with E-state index in [2.05, 4.69) is 0 Å². The van der Waals surface area contributed by atoms with Gasteiger partial charge in [-0.15, -0.1) is 11.3 Å². The Labute approximate surface area is 160 Å². The number of allylic oxidation sites excluding steroid dienone is 1. The van der Waals surface area contributed by atoms with Crippen LogP contribution in [0.5, 0.6) is 0 Å². The molecular formula is C19H20N4O3S. The lowest BCUT2D eigenvalue weighted by molar-refractivity contribution is 0.0751. The van der Waals surface area contributed by atoms with Crippen LogP contribution in [-0.2, 0) is 7.05 Å². The number of piperazine rings is 1. The van der Waals surface area contributed by atoms with Crippen molar-refractivity contribution in [2.45, 2.75) is 6.42 Å². The number of nitrogen functional groups attached to an aromatic ring is 1. The van der Waals surface area contributed by atoms with Crippen molar-refractivity contribution in [2.75, 3.05) is 36.8 Å². The minimum absolute atomic E-state index is 0.0163. The predicted molar refractivity (Wildman–Crippen MR) is 107 cm³/mol. The van der Waals surface area contributed by atoms with Gasteiger partial charge in [-0.1, -0.05) is 12.1 Å². The Bertz CT molecular complexity index is 999. The van der Waals surface area contributed by atoms with Crippen LogP contribution in [-0.4, -0.2) is 47.3 Å². The van der Waals surface area contributed by atoms with Gasteiger partial charge in [-0.05, 0) is 17.5 Å². The summed E-state index contributed by atoms with van der Waals surface area (Å²) in [6.45, 7) is 2.09. The van der Waals surface area contributed by atoms with Crippen molar-refractivity contribution in [3.8, 4) is 0 Å². The van der Waals surface area contributed by atoms with Crippen molar-refractivity contribution >= 4 is 40.5 Å². The average Bonchev–Trinajstić information content (AvgIpc) is 3.22. The van der Waals surface area contributed by atoms with Crippen molar-refractivity contribution in [1.29, 1.82) is 0 Å². The smallest absolute Gasteiger partial charge is 0.276 e. The molecule has 4 rings (SSSR count). The molecule has 8 heteroatoms. The third-order valence-corrected chi connectivity index (χ3v) is 5.98. The van der Waals surface area contributed by atoms with Crippen LogP contribution in [0.4, 0.5) is 11.4 Å². The molecule has 2 N–H and O–H groups in total. The van der Waals surface area contributed by atoms with E-state index in [-0.39, 0.29) is 22.9 Å². The highest BCUT2D eigenvalue weighted by Gasteiger charge is 2.30. The molecule has 1 fully saturated rings. The van der Waals surface area contributed by atoms with Crippen LogP contribution < -0.4 is 16.2 Å². The van der Waals surface area contributed by atoms with Gasteiger partial charge in [0, 0.05) is 39.6 Å². The first kappa shape index (κ1) is 17.5. The van der Waals surface area contributed by atoms with Crippen molar-refractivity contribution < 1.29 is 9.59 Å². The molecule has 1 aliphatic heterocycles. The molecule has 1 amide bonds. The Morgan fingerprint density at radius 2 is 1.93 bits per heavy atom.